The van der Waals surface area contributed by atoms with E-state index in [0.717, 1.165) is 75.5 Å². The molecule has 39 heavy (non-hydrogen) atoms. The highest BCUT2D eigenvalue weighted by Crippen LogP contribution is 2.26. The molecule has 2 fully saturated rings. The van der Waals surface area contributed by atoms with Crippen LogP contribution in [0.25, 0.3) is 22.6 Å². The number of anilines is 2. The molecule has 4 heterocycles. The Bertz CT molecular complexity index is 1530. The molecule has 0 bridgehead atoms. The standard InChI is InChI=1S/C29H34N8O2/c1-34-9-13-36(14-10-34)23-6-4-21(5-7-23)27-32-28-26(29(39)33-27)30-25(31-28)18-22-17-20(19-38)3-8-24(22)37-15-11-35(2)12-16-37/h3-8,17,19H,9-16,18H2,1-2H3,(H2,30,31,32,33,39). The van der Waals surface area contributed by atoms with E-state index in [2.05, 4.69) is 60.8 Å². The highest BCUT2D eigenvalue weighted by molar-refractivity contribution is 5.77. The van der Waals surface area contributed by atoms with E-state index >= 15 is 0 Å². The minimum absolute atomic E-state index is 0.252. The van der Waals surface area contributed by atoms with Crippen molar-refractivity contribution in [3.8, 4) is 11.4 Å². The lowest BCUT2D eigenvalue weighted by Crippen LogP contribution is -2.44. The van der Waals surface area contributed by atoms with Crippen LogP contribution in [0, 0.1) is 0 Å². The summed E-state index contributed by atoms with van der Waals surface area (Å²) in [6, 6.07) is 14.0. The average Bonchev–Trinajstić information content (AvgIpc) is 3.37. The Hall–Kier alpha value is -4.02. The largest absolute Gasteiger partial charge is 0.369 e. The summed E-state index contributed by atoms with van der Waals surface area (Å²) in [5.41, 5.74) is 5.22. The second-order valence-corrected chi connectivity index (χ2v) is 10.6. The van der Waals surface area contributed by atoms with Gasteiger partial charge < -0.3 is 29.6 Å². The number of aldehydes is 1. The number of fused-ring (bicyclic) bond motifs is 1. The summed E-state index contributed by atoms with van der Waals surface area (Å²) in [5.74, 6) is 1.14. The first-order chi connectivity index (χ1) is 19.0. The summed E-state index contributed by atoms with van der Waals surface area (Å²) in [5, 5.41) is 0. The van der Waals surface area contributed by atoms with Gasteiger partial charge in [-0.05, 0) is 62.1 Å². The number of hydrogen-bond donors (Lipinski definition) is 2. The molecule has 0 unspecified atom stereocenters. The quantitative estimate of drug-likeness (QED) is 0.369. The summed E-state index contributed by atoms with van der Waals surface area (Å²) in [4.78, 5) is 49.3. The first kappa shape index (κ1) is 25.3. The Morgan fingerprint density at radius 3 is 2.15 bits per heavy atom. The van der Waals surface area contributed by atoms with E-state index < -0.39 is 0 Å². The van der Waals surface area contributed by atoms with Crippen molar-refractivity contribution in [3.63, 3.8) is 0 Å². The molecule has 2 N–H and O–H groups in total. The lowest BCUT2D eigenvalue weighted by molar-refractivity contribution is 0.112. The number of aromatic nitrogens is 4. The zero-order valence-corrected chi connectivity index (χ0v) is 22.5. The van der Waals surface area contributed by atoms with Crippen LogP contribution in [-0.4, -0.2) is 102 Å². The maximum absolute atomic E-state index is 13.0. The maximum Gasteiger partial charge on any atom is 0.277 e. The van der Waals surface area contributed by atoms with Crippen LogP contribution in [0.2, 0.25) is 0 Å². The summed E-state index contributed by atoms with van der Waals surface area (Å²) >= 11 is 0. The number of piperazine rings is 2. The Morgan fingerprint density at radius 1 is 0.821 bits per heavy atom. The van der Waals surface area contributed by atoms with Crippen LogP contribution < -0.4 is 15.4 Å². The highest BCUT2D eigenvalue weighted by atomic mass is 16.1. The highest BCUT2D eigenvalue weighted by Gasteiger charge is 2.20. The average molecular weight is 527 g/mol. The van der Waals surface area contributed by atoms with Gasteiger partial charge in [0.05, 0.1) is 0 Å². The third kappa shape index (κ3) is 5.30. The summed E-state index contributed by atoms with van der Waals surface area (Å²) < 4.78 is 0. The number of aromatic amines is 2. The van der Waals surface area contributed by atoms with Crippen molar-refractivity contribution in [2.45, 2.75) is 6.42 Å². The molecule has 6 rings (SSSR count). The van der Waals surface area contributed by atoms with E-state index in [1.165, 1.54) is 5.69 Å². The number of nitrogens with zero attached hydrogens (tertiary/aromatic N) is 6. The fraction of sp³-hybridized carbons (Fsp3) is 0.379. The predicted octanol–water partition coefficient (Wildman–Crippen LogP) is 2.22. The molecule has 202 valence electrons. The number of carbonyl (C=O) groups excluding carboxylic acids is 1. The minimum Gasteiger partial charge on any atom is -0.369 e. The molecule has 0 amide bonds. The molecule has 2 aliphatic heterocycles. The van der Waals surface area contributed by atoms with Gasteiger partial charge in [-0.2, -0.15) is 0 Å². The normalized spacial score (nSPS) is 17.2. The molecule has 0 aliphatic carbocycles. The van der Waals surface area contributed by atoms with Crippen LogP contribution in [0.4, 0.5) is 11.4 Å². The van der Waals surface area contributed by atoms with Gasteiger partial charge in [-0.25, -0.2) is 9.97 Å². The van der Waals surface area contributed by atoms with Crippen LogP contribution >= 0.6 is 0 Å². The van der Waals surface area contributed by atoms with E-state index in [-0.39, 0.29) is 5.56 Å². The second-order valence-electron chi connectivity index (χ2n) is 10.6. The molecule has 0 radical (unpaired) electrons. The van der Waals surface area contributed by atoms with Gasteiger partial charge in [0, 0.05) is 81.3 Å². The Kier molecular flexibility index (Phi) is 6.88. The summed E-state index contributed by atoms with van der Waals surface area (Å²) in [7, 11) is 4.27. The van der Waals surface area contributed by atoms with Crippen LogP contribution in [-0.2, 0) is 6.42 Å². The van der Waals surface area contributed by atoms with Crippen molar-refractivity contribution in [1.82, 2.24) is 29.7 Å². The van der Waals surface area contributed by atoms with E-state index in [4.69, 9.17) is 4.98 Å². The Labute approximate surface area is 227 Å². The smallest absolute Gasteiger partial charge is 0.277 e. The van der Waals surface area contributed by atoms with Crippen LogP contribution in [0.3, 0.4) is 0 Å². The number of benzene rings is 2. The number of likely N-dealkylation sites (N-methyl/N-ethyl adjacent to an activating group) is 2. The monoisotopic (exact) mass is 526 g/mol. The first-order valence-corrected chi connectivity index (χ1v) is 13.5. The van der Waals surface area contributed by atoms with E-state index in [0.29, 0.717) is 34.8 Å². The predicted molar refractivity (Wildman–Crippen MR) is 154 cm³/mol. The number of rotatable bonds is 6. The second kappa shape index (κ2) is 10.6. The Balaban J connectivity index is 1.26. The number of hydrogen-bond acceptors (Lipinski definition) is 8. The molecule has 0 saturated carbocycles. The third-order valence-electron chi connectivity index (χ3n) is 7.86. The lowest BCUT2D eigenvalue weighted by atomic mass is 10.0. The van der Waals surface area contributed by atoms with Crippen molar-refractivity contribution in [2.24, 2.45) is 0 Å². The van der Waals surface area contributed by atoms with Crippen molar-refractivity contribution in [1.29, 1.82) is 0 Å². The topological polar surface area (TPSA) is 104 Å². The molecule has 2 aliphatic rings. The van der Waals surface area contributed by atoms with Gasteiger partial charge in [-0.15, -0.1) is 0 Å². The fourth-order valence-electron chi connectivity index (χ4n) is 5.43. The van der Waals surface area contributed by atoms with E-state index in [1.807, 2.05) is 30.3 Å². The van der Waals surface area contributed by atoms with E-state index in [1.54, 1.807) is 0 Å². The van der Waals surface area contributed by atoms with Crippen LogP contribution in [0.15, 0.2) is 47.3 Å². The zero-order chi connectivity index (χ0) is 26.9. The molecule has 0 spiro atoms. The molecule has 4 aromatic rings. The van der Waals surface area contributed by atoms with Gasteiger partial charge in [0.25, 0.3) is 5.56 Å². The van der Waals surface area contributed by atoms with Gasteiger partial charge in [-0.1, -0.05) is 0 Å². The van der Waals surface area contributed by atoms with Gasteiger partial charge in [0.1, 0.15) is 17.9 Å². The number of nitrogens with one attached hydrogen (secondary N) is 2. The molecule has 0 atom stereocenters. The number of carbonyl (C=O) groups is 1. The molecule has 2 aromatic heterocycles. The van der Waals surface area contributed by atoms with Gasteiger partial charge in [0.15, 0.2) is 11.2 Å². The van der Waals surface area contributed by atoms with Gasteiger partial charge >= 0.3 is 0 Å². The van der Waals surface area contributed by atoms with Crippen molar-refractivity contribution >= 4 is 28.8 Å². The minimum atomic E-state index is -0.252. The number of imidazole rings is 1. The summed E-state index contributed by atoms with van der Waals surface area (Å²) in [6.07, 6.45) is 1.33. The maximum atomic E-state index is 13.0. The van der Waals surface area contributed by atoms with Crippen LogP contribution in [0.5, 0.6) is 0 Å². The first-order valence-electron chi connectivity index (χ1n) is 13.5. The summed E-state index contributed by atoms with van der Waals surface area (Å²) in [6.45, 7) is 7.90. The third-order valence-corrected chi connectivity index (χ3v) is 7.86. The molecule has 2 saturated heterocycles. The van der Waals surface area contributed by atoms with Crippen molar-refractivity contribution < 1.29 is 4.79 Å². The molecule has 10 heteroatoms. The SMILES string of the molecule is CN1CCN(c2ccc(-c3nc4nc(Cc5cc(C=O)ccc5N5CCN(C)CC5)[nH]c4c(=O)[nH]3)cc2)CC1. The van der Waals surface area contributed by atoms with Crippen molar-refractivity contribution in [3.05, 3.63) is 69.8 Å². The zero-order valence-electron chi connectivity index (χ0n) is 22.5. The number of H-pyrrole nitrogens is 2. The molecule has 2 aromatic carbocycles. The van der Waals surface area contributed by atoms with Crippen LogP contribution in [0.1, 0.15) is 21.7 Å². The lowest BCUT2D eigenvalue weighted by Gasteiger charge is -2.35. The molecular weight excluding hydrogens is 492 g/mol. The van der Waals surface area contributed by atoms with Crippen molar-refractivity contribution in [2.75, 3.05) is 76.3 Å². The van der Waals surface area contributed by atoms with Gasteiger partial charge in [0.2, 0.25) is 0 Å². The van der Waals surface area contributed by atoms with Gasteiger partial charge in [-0.3, -0.25) is 9.59 Å². The molecular formula is C29H34N8O2. The fourth-order valence-corrected chi connectivity index (χ4v) is 5.43. The Morgan fingerprint density at radius 2 is 1.49 bits per heavy atom. The molecule has 10 nitrogen and oxygen atoms in total. The van der Waals surface area contributed by atoms with E-state index in [9.17, 15) is 9.59 Å².